The zero-order valence-electron chi connectivity index (χ0n) is 21.6. The highest BCUT2D eigenvalue weighted by molar-refractivity contribution is 6.30. The summed E-state index contributed by atoms with van der Waals surface area (Å²) in [6, 6.07) is 28.9. The topological polar surface area (TPSA) is 92.8 Å². The number of ether oxygens (including phenoxy) is 1. The number of carbonyl (C=O) groups excluding carboxylic acids is 4. The highest BCUT2D eigenvalue weighted by Crippen LogP contribution is 2.61. The minimum atomic E-state index is -0.808. The Kier molecular flexibility index (Phi) is 5.98. The van der Waals surface area contributed by atoms with Crippen LogP contribution in [0.3, 0.4) is 0 Å². The fourth-order valence-corrected chi connectivity index (χ4v) is 6.82. The molecule has 0 saturated carbocycles. The van der Waals surface area contributed by atoms with E-state index in [4.69, 9.17) is 16.3 Å². The number of esters is 1. The van der Waals surface area contributed by atoms with Crippen LogP contribution in [0.1, 0.15) is 44.4 Å². The Bertz CT molecular complexity index is 1640. The minimum Gasteiger partial charge on any atom is -0.452 e. The van der Waals surface area contributed by atoms with E-state index in [2.05, 4.69) is 5.32 Å². The van der Waals surface area contributed by atoms with Crippen molar-refractivity contribution in [2.75, 3.05) is 16.8 Å². The molecule has 0 spiro atoms. The van der Waals surface area contributed by atoms with Crippen LogP contribution in [-0.4, -0.2) is 30.3 Å². The maximum Gasteiger partial charge on any atom is 0.340 e. The third-order valence-electron chi connectivity index (χ3n) is 8.28. The second-order valence-electron chi connectivity index (χ2n) is 10.4. The van der Waals surface area contributed by atoms with Crippen molar-refractivity contribution >= 4 is 46.7 Å². The van der Waals surface area contributed by atoms with Gasteiger partial charge in [-0.25, -0.2) is 9.69 Å². The molecule has 1 heterocycles. The van der Waals surface area contributed by atoms with E-state index in [1.807, 2.05) is 48.5 Å². The fourth-order valence-electron chi connectivity index (χ4n) is 6.70. The molecule has 4 aliphatic rings. The highest BCUT2D eigenvalue weighted by Gasteiger charge is 2.62. The standard InChI is InChI=1S/C33H23ClN2O5/c34-18-13-15-19(16-14-18)35-26(37)17-41-33(40)24-11-5-6-12-25(24)36-31(38)29-27-20-7-1-2-8-21(20)28(30(29)32(36)39)23-10-4-3-9-22(23)27/h1-16,27-30H,17H2,(H,35,37)/t27?,28?,29-,30+. The van der Waals surface area contributed by atoms with E-state index in [1.165, 1.54) is 6.07 Å². The summed E-state index contributed by atoms with van der Waals surface area (Å²) in [6.45, 7) is -0.544. The number of hydrogen-bond acceptors (Lipinski definition) is 5. The van der Waals surface area contributed by atoms with E-state index in [0.717, 1.165) is 27.2 Å². The number of amides is 3. The average Bonchev–Trinajstić information content (AvgIpc) is 3.27. The number of carbonyl (C=O) groups is 4. The first-order valence-electron chi connectivity index (χ1n) is 13.3. The lowest BCUT2D eigenvalue weighted by Crippen LogP contribution is -2.41. The van der Waals surface area contributed by atoms with Gasteiger partial charge < -0.3 is 10.1 Å². The molecule has 1 fully saturated rings. The molecule has 2 bridgehead atoms. The second kappa shape index (κ2) is 9.71. The van der Waals surface area contributed by atoms with Crippen LogP contribution in [0.5, 0.6) is 0 Å². The van der Waals surface area contributed by atoms with Crippen molar-refractivity contribution in [2.24, 2.45) is 11.8 Å². The predicted molar refractivity (Wildman–Crippen MR) is 153 cm³/mol. The zero-order chi connectivity index (χ0) is 28.2. The lowest BCUT2D eigenvalue weighted by molar-refractivity contribution is -0.122. The molecular weight excluding hydrogens is 540 g/mol. The summed E-state index contributed by atoms with van der Waals surface area (Å²) in [6.07, 6.45) is 0. The summed E-state index contributed by atoms with van der Waals surface area (Å²) in [5.41, 5.74) is 4.98. The summed E-state index contributed by atoms with van der Waals surface area (Å²) < 4.78 is 5.30. The quantitative estimate of drug-likeness (QED) is 0.255. The molecule has 3 amide bonds. The van der Waals surface area contributed by atoms with Crippen molar-refractivity contribution in [2.45, 2.75) is 11.8 Å². The largest absolute Gasteiger partial charge is 0.452 e. The molecule has 3 aliphatic carbocycles. The van der Waals surface area contributed by atoms with Crippen LogP contribution < -0.4 is 10.2 Å². The Morgan fingerprint density at radius 3 is 1.73 bits per heavy atom. The maximum absolute atomic E-state index is 14.1. The SMILES string of the molecule is O=C(COC(=O)c1ccccc1N1C(=O)[C@@H]2C3c4ccccc4C(c4ccccc43)[C@@H]2C1=O)Nc1ccc(Cl)cc1. The number of halogens is 1. The third kappa shape index (κ3) is 3.96. The van der Waals surface area contributed by atoms with E-state index in [-0.39, 0.29) is 34.9 Å². The van der Waals surface area contributed by atoms with Crippen LogP contribution in [0, 0.1) is 11.8 Å². The molecule has 1 saturated heterocycles. The van der Waals surface area contributed by atoms with Crippen LogP contribution in [-0.2, 0) is 19.1 Å². The number of rotatable bonds is 5. The number of benzene rings is 4. The van der Waals surface area contributed by atoms with Crippen molar-refractivity contribution in [3.8, 4) is 0 Å². The molecule has 41 heavy (non-hydrogen) atoms. The van der Waals surface area contributed by atoms with Gasteiger partial charge in [0.1, 0.15) is 0 Å². The number of anilines is 2. The maximum atomic E-state index is 14.1. The summed E-state index contributed by atoms with van der Waals surface area (Å²) in [7, 11) is 0. The molecule has 202 valence electrons. The smallest absolute Gasteiger partial charge is 0.340 e. The molecule has 8 heteroatoms. The van der Waals surface area contributed by atoms with Crippen molar-refractivity contribution < 1.29 is 23.9 Å². The Balaban J connectivity index is 1.18. The van der Waals surface area contributed by atoms with Gasteiger partial charge in [-0.3, -0.25) is 14.4 Å². The molecule has 0 aromatic heterocycles. The predicted octanol–water partition coefficient (Wildman–Crippen LogP) is 5.53. The average molecular weight is 563 g/mol. The van der Waals surface area contributed by atoms with E-state index in [1.54, 1.807) is 42.5 Å². The Morgan fingerprint density at radius 2 is 1.20 bits per heavy atom. The van der Waals surface area contributed by atoms with Crippen molar-refractivity contribution in [3.05, 3.63) is 130 Å². The van der Waals surface area contributed by atoms with Gasteiger partial charge in [0.05, 0.1) is 23.1 Å². The monoisotopic (exact) mass is 562 g/mol. The Labute approximate surface area is 240 Å². The molecule has 0 unspecified atom stereocenters. The molecular formula is C33H23ClN2O5. The van der Waals surface area contributed by atoms with Gasteiger partial charge in [-0.05, 0) is 58.7 Å². The van der Waals surface area contributed by atoms with Gasteiger partial charge in [-0.15, -0.1) is 0 Å². The molecule has 7 nitrogen and oxygen atoms in total. The van der Waals surface area contributed by atoms with Crippen LogP contribution in [0.25, 0.3) is 0 Å². The van der Waals surface area contributed by atoms with Crippen molar-refractivity contribution in [1.29, 1.82) is 0 Å². The summed E-state index contributed by atoms with van der Waals surface area (Å²) >= 11 is 5.88. The van der Waals surface area contributed by atoms with E-state index < -0.39 is 30.3 Å². The van der Waals surface area contributed by atoms with Gasteiger partial charge in [0.2, 0.25) is 11.8 Å². The second-order valence-corrected chi connectivity index (χ2v) is 10.9. The number of imide groups is 1. The Morgan fingerprint density at radius 1 is 0.707 bits per heavy atom. The van der Waals surface area contributed by atoms with Crippen LogP contribution in [0.15, 0.2) is 97.1 Å². The van der Waals surface area contributed by atoms with Crippen LogP contribution in [0.2, 0.25) is 5.02 Å². The first kappa shape index (κ1) is 25.2. The van der Waals surface area contributed by atoms with E-state index >= 15 is 0 Å². The molecule has 1 aliphatic heterocycles. The van der Waals surface area contributed by atoms with Gasteiger partial charge in [-0.2, -0.15) is 0 Å². The van der Waals surface area contributed by atoms with Crippen molar-refractivity contribution in [1.82, 2.24) is 0 Å². The molecule has 0 radical (unpaired) electrons. The third-order valence-corrected chi connectivity index (χ3v) is 8.53. The van der Waals surface area contributed by atoms with Crippen LogP contribution in [0.4, 0.5) is 11.4 Å². The summed E-state index contributed by atoms with van der Waals surface area (Å²) in [4.78, 5) is 55.0. The molecule has 4 aromatic carbocycles. The summed E-state index contributed by atoms with van der Waals surface area (Å²) in [5.74, 6) is -3.68. The molecule has 8 rings (SSSR count). The summed E-state index contributed by atoms with van der Waals surface area (Å²) in [5, 5.41) is 3.16. The normalized spacial score (nSPS) is 21.6. The van der Waals surface area contributed by atoms with Gasteiger partial charge in [0.25, 0.3) is 5.91 Å². The number of nitrogens with one attached hydrogen (secondary N) is 1. The number of para-hydroxylation sites is 1. The van der Waals surface area contributed by atoms with Gasteiger partial charge >= 0.3 is 5.97 Å². The van der Waals surface area contributed by atoms with Gasteiger partial charge in [0, 0.05) is 22.5 Å². The first-order valence-corrected chi connectivity index (χ1v) is 13.7. The molecule has 2 atom stereocenters. The fraction of sp³-hybridized carbons (Fsp3) is 0.152. The lowest BCUT2D eigenvalue weighted by Gasteiger charge is -2.45. The number of hydrogen-bond donors (Lipinski definition) is 1. The van der Waals surface area contributed by atoms with Gasteiger partial charge in [0.15, 0.2) is 6.61 Å². The Hall–Kier alpha value is -4.75. The van der Waals surface area contributed by atoms with E-state index in [0.29, 0.717) is 10.7 Å². The number of nitrogens with zero attached hydrogens (tertiary/aromatic N) is 1. The zero-order valence-corrected chi connectivity index (χ0v) is 22.4. The highest BCUT2D eigenvalue weighted by atomic mass is 35.5. The molecule has 1 N–H and O–H groups in total. The van der Waals surface area contributed by atoms with Crippen LogP contribution >= 0.6 is 11.6 Å². The van der Waals surface area contributed by atoms with Crippen molar-refractivity contribution in [3.63, 3.8) is 0 Å². The van der Waals surface area contributed by atoms with E-state index in [9.17, 15) is 19.2 Å². The lowest BCUT2D eigenvalue weighted by atomic mass is 9.55. The minimum absolute atomic E-state index is 0.0366. The van der Waals surface area contributed by atoms with Gasteiger partial charge in [-0.1, -0.05) is 72.3 Å². The first-order chi connectivity index (χ1) is 19.9. The molecule has 4 aromatic rings.